The van der Waals surface area contributed by atoms with E-state index in [-0.39, 0.29) is 12.6 Å². The Bertz CT molecular complexity index is 1110. The van der Waals surface area contributed by atoms with Gasteiger partial charge in [-0.05, 0) is 24.1 Å². The molecule has 1 atom stereocenters. The molecule has 0 radical (unpaired) electrons. The maximum absolute atomic E-state index is 12.5. The summed E-state index contributed by atoms with van der Waals surface area (Å²) >= 11 is 0. The van der Waals surface area contributed by atoms with E-state index in [2.05, 4.69) is 10.3 Å². The Morgan fingerprint density at radius 2 is 1.77 bits per heavy atom. The molecule has 0 bridgehead atoms. The van der Waals surface area contributed by atoms with Crippen LogP contribution in [-0.4, -0.2) is 22.7 Å². The van der Waals surface area contributed by atoms with Crippen LogP contribution in [0, 0.1) is 0 Å². The number of nitrogens with zero attached hydrogens (tertiary/aromatic N) is 1. The van der Waals surface area contributed by atoms with Gasteiger partial charge in [-0.15, -0.1) is 0 Å². The van der Waals surface area contributed by atoms with Gasteiger partial charge in [-0.2, -0.15) is 0 Å². The molecule has 0 aliphatic heterocycles. The average molecular weight is 346 g/mol. The van der Waals surface area contributed by atoms with Crippen molar-refractivity contribution >= 4 is 27.6 Å². The van der Waals surface area contributed by atoms with Gasteiger partial charge in [0.1, 0.15) is 16.8 Å². The molecule has 4 aromatic rings. The van der Waals surface area contributed by atoms with E-state index in [1.165, 1.54) is 0 Å². The van der Waals surface area contributed by atoms with Crippen molar-refractivity contribution < 1.29 is 9.52 Å². The van der Waals surface area contributed by atoms with Crippen LogP contribution in [0.4, 0.5) is 5.82 Å². The summed E-state index contributed by atoms with van der Waals surface area (Å²) in [7, 11) is 0. The number of hydrogen-bond donors (Lipinski definition) is 2. The van der Waals surface area contributed by atoms with Crippen LogP contribution in [-0.2, 0) is 6.42 Å². The average Bonchev–Trinajstić information content (AvgIpc) is 2.68. The van der Waals surface area contributed by atoms with E-state index in [1.54, 1.807) is 12.3 Å². The first-order chi connectivity index (χ1) is 12.8. The standard InChI is InChI=1S/C21H18N2O3/c24-13-15(12-14-6-2-1-3-7-14)23-20-19-17(10-11-22-20)16-8-4-5-9-18(16)26-21(19)25/h1-11,15,24H,12-13H2,(H,22,23). The lowest BCUT2D eigenvalue weighted by Gasteiger charge is -2.18. The summed E-state index contributed by atoms with van der Waals surface area (Å²) in [5.74, 6) is 0.428. The summed E-state index contributed by atoms with van der Waals surface area (Å²) in [5, 5.41) is 15.0. The SMILES string of the molecule is O=c1oc2ccccc2c2ccnc(NC(CO)Cc3ccccc3)c12. The number of para-hydroxylation sites is 1. The second kappa shape index (κ2) is 6.98. The maximum atomic E-state index is 12.5. The molecular weight excluding hydrogens is 328 g/mol. The molecule has 0 aliphatic carbocycles. The highest BCUT2D eigenvalue weighted by atomic mass is 16.4. The fraction of sp³-hybridized carbons (Fsp3) is 0.143. The molecule has 26 heavy (non-hydrogen) atoms. The number of aromatic nitrogens is 1. The second-order valence-corrected chi connectivity index (χ2v) is 6.18. The van der Waals surface area contributed by atoms with E-state index in [4.69, 9.17) is 4.42 Å². The topological polar surface area (TPSA) is 75.4 Å². The van der Waals surface area contributed by atoms with Crippen LogP contribution in [0.1, 0.15) is 5.56 Å². The summed E-state index contributed by atoms with van der Waals surface area (Å²) in [4.78, 5) is 16.9. The van der Waals surface area contributed by atoms with Gasteiger partial charge in [0.05, 0.1) is 12.6 Å². The highest BCUT2D eigenvalue weighted by Gasteiger charge is 2.15. The summed E-state index contributed by atoms with van der Waals surface area (Å²) in [6.45, 7) is -0.0775. The van der Waals surface area contributed by atoms with E-state index in [0.717, 1.165) is 16.3 Å². The molecule has 2 N–H and O–H groups in total. The van der Waals surface area contributed by atoms with Gasteiger partial charge in [0.15, 0.2) is 0 Å². The molecule has 2 aromatic carbocycles. The smallest absolute Gasteiger partial charge is 0.347 e. The number of nitrogens with one attached hydrogen (secondary N) is 1. The largest absolute Gasteiger partial charge is 0.422 e. The number of hydrogen-bond acceptors (Lipinski definition) is 5. The third kappa shape index (κ3) is 3.05. The van der Waals surface area contributed by atoms with Gasteiger partial charge in [-0.3, -0.25) is 0 Å². The zero-order valence-electron chi connectivity index (χ0n) is 14.1. The van der Waals surface area contributed by atoms with Crippen LogP contribution in [0.5, 0.6) is 0 Å². The van der Waals surface area contributed by atoms with Crippen LogP contribution in [0.25, 0.3) is 21.7 Å². The minimum Gasteiger partial charge on any atom is -0.422 e. The Hall–Kier alpha value is -3.18. The molecule has 0 saturated carbocycles. The Labute approximate surface area is 149 Å². The summed E-state index contributed by atoms with van der Waals surface area (Å²) in [6, 6.07) is 18.8. The van der Waals surface area contributed by atoms with Gasteiger partial charge in [0.25, 0.3) is 0 Å². The van der Waals surface area contributed by atoms with Crippen molar-refractivity contribution in [2.45, 2.75) is 12.5 Å². The van der Waals surface area contributed by atoms with Gasteiger partial charge in [0.2, 0.25) is 0 Å². The molecule has 5 heteroatoms. The number of aliphatic hydroxyl groups excluding tert-OH is 1. The molecule has 0 saturated heterocycles. The van der Waals surface area contributed by atoms with E-state index in [0.29, 0.717) is 23.2 Å². The van der Waals surface area contributed by atoms with Crippen molar-refractivity contribution in [3.8, 4) is 0 Å². The van der Waals surface area contributed by atoms with Crippen molar-refractivity contribution in [1.82, 2.24) is 4.98 Å². The van der Waals surface area contributed by atoms with Crippen LogP contribution in [0.15, 0.2) is 76.1 Å². The first kappa shape index (κ1) is 16.3. The third-order valence-electron chi connectivity index (χ3n) is 4.42. The van der Waals surface area contributed by atoms with E-state index >= 15 is 0 Å². The number of pyridine rings is 1. The van der Waals surface area contributed by atoms with Crippen molar-refractivity contribution in [2.24, 2.45) is 0 Å². The fourth-order valence-electron chi connectivity index (χ4n) is 3.18. The highest BCUT2D eigenvalue weighted by Crippen LogP contribution is 2.26. The molecule has 0 fully saturated rings. The van der Waals surface area contributed by atoms with Crippen LogP contribution in [0.3, 0.4) is 0 Å². The fourth-order valence-corrected chi connectivity index (χ4v) is 3.18. The van der Waals surface area contributed by atoms with Crippen LogP contribution in [0.2, 0.25) is 0 Å². The van der Waals surface area contributed by atoms with E-state index in [9.17, 15) is 9.90 Å². The van der Waals surface area contributed by atoms with Crippen molar-refractivity contribution in [3.63, 3.8) is 0 Å². The lowest BCUT2D eigenvalue weighted by Crippen LogP contribution is -2.27. The lowest BCUT2D eigenvalue weighted by atomic mass is 10.1. The van der Waals surface area contributed by atoms with Crippen molar-refractivity contribution in [2.75, 3.05) is 11.9 Å². The number of aliphatic hydroxyl groups is 1. The first-order valence-electron chi connectivity index (χ1n) is 8.48. The number of benzene rings is 2. The maximum Gasteiger partial charge on any atom is 0.347 e. The molecule has 4 rings (SSSR count). The van der Waals surface area contributed by atoms with Crippen molar-refractivity contribution in [3.05, 3.63) is 82.8 Å². The molecule has 2 aromatic heterocycles. The zero-order chi connectivity index (χ0) is 17.9. The number of rotatable bonds is 5. The van der Waals surface area contributed by atoms with Gasteiger partial charge < -0.3 is 14.8 Å². The van der Waals surface area contributed by atoms with Gasteiger partial charge >= 0.3 is 5.63 Å². The Balaban J connectivity index is 1.76. The van der Waals surface area contributed by atoms with Gasteiger partial charge in [-0.1, -0.05) is 48.5 Å². The van der Waals surface area contributed by atoms with E-state index < -0.39 is 5.63 Å². The predicted octanol–water partition coefficient (Wildman–Crippen LogP) is 3.36. The molecule has 130 valence electrons. The van der Waals surface area contributed by atoms with Crippen LogP contribution >= 0.6 is 0 Å². The molecule has 0 amide bonds. The molecule has 5 nitrogen and oxygen atoms in total. The number of anilines is 1. The van der Waals surface area contributed by atoms with Crippen molar-refractivity contribution in [1.29, 1.82) is 0 Å². The van der Waals surface area contributed by atoms with Gasteiger partial charge in [0, 0.05) is 17.0 Å². The molecule has 0 aliphatic rings. The molecule has 0 spiro atoms. The normalized spacial score (nSPS) is 12.3. The van der Waals surface area contributed by atoms with Crippen LogP contribution < -0.4 is 10.9 Å². The summed E-state index contributed by atoms with van der Waals surface area (Å²) < 4.78 is 5.45. The highest BCUT2D eigenvalue weighted by molar-refractivity contribution is 6.07. The number of fused-ring (bicyclic) bond motifs is 3. The van der Waals surface area contributed by atoms with Gasteiger partial charge in [-0.25, -0.2) is 9.78 Å². The molecule has 1 unspecified atom stereocenters. The Morgan fingerprint density at radius 1 is 1.00 bits per heavy atom. The second-order valence-electron chi connectivity index (χ2n) is 6.18. The molecular formula is C21H18N2O3. The first-order valence-corrected chi connectivity index (χ1v) is 8.48. The minimum absolute atomic E-state index is 0.0775. The zero-order valence-corrected chi connectivity index (χ0v) is 14.1. The summed E-state index contributed by atoms with van der Waals surface area (Å²) in [6.07, 6.45) is 2.28. The summed E-state index contributed by atoms with van der Waals surface area (Å²) in [5.41, 5.74) is 1.20. The lowest BCUT2D eigenvalue weighted by molar-refractivity contribution is 0.273. The Kier molecular flexibility index (Phi) is 4.37. The third-order valence-corrected chi connectivity index (χ3v) is 4.42. The quantitative estimate of drug-likeness (QED) is 0.428. The predicted molar refractivity (Wildman–Crippen MR) is 102 cm³/mol. The van der Waals surface area contributed by atoms with E-state index in [1.807, 2.05) is 54.6 Å². The molecule has 2 heterocycles. The Morgan fingerprint density at radius 3 is 2.58 bits per heavy atom. The minimum atomic E-state index is -0.439. The monoisotopic (exact) mass is 346 g/mol.